The van der Waals surface area contributed by atoms with E-state index in [1.165, 1.54) is 20.5 Å². The molecule has 0 saturated heterocycles. The summed E-state index contributed by atoms with van der Waals surface area (Å²) < 4.78 is 1.29. The number of carbonyl (C=O) groups excluding carboxylic acids is 1. The van der Waals surface area contributed by atoms with Crippen molar-refractivity contribution in [3.63, 3.8) is 0 Å². The number of aryl methyl sites for hydroxylation is 2. The summed E-state index contributed by atoms with van der Waals surface area (Å²) in [7, 11) is 0. The zero-order valence-corrected chi connectivity index (χ0v) is 18.9. The number of unbranched alkanes of at least 4 members (excludes halogenated alkanes) is 2. The van der Waals surface area contributed by atoms with Gasteiger partial charge in [0.2, 0.25) is 0 Å². The summed E-state index contributed by atoms with van der Waals surface area (Å²) in [5.74, 6) is -0.226. The predicted octanol–water partition coefficient (Wildman–Crippen LogP) is 5.76. The fraction of sp³-hybridized carbons (Fsp3) is 0.500. The highest BCUT2D eigenvalue weighted by molar-refractivity contribution is 7.19. The molecule has 2 aromatic rings. The molecule has 0 amide bonds. The summed E-state index contributed by atoms with van der Waals surface area (Å²) in [6.07, 6.45) is 12.6. The minimum atomic E-state index is -0.868. The van der Waals surface area contributed by atoms with Crippen molar-refractivity contribution in [2.45, 2.75) is 71.0 Å². The number of carbonyl (C=O) groups is 1. The summed E-state index contributed by atoms with van der Waals surface area (Å²) in [6, 6.07) is 8.43. The van der Waals surface area contributed by atoms with Gasteiger partial charge in [0.1, 0.15) is 6.10 Å². The quantitative estimate of drug-likeness (QED) is 0.375. The first-order chi connectivity index (χ1) is 14.5. The number of thiophene rings is 1. The molecular weight excluding hydrogens is 392 g/mol. The molecule has 4 heteroatoms. The second-order valence-electron chi connectivity index (χ2n) is 8.41. The lowest BCUT2D eigenvalue weighted by Crippen LogP contribution is -2.19. The van der Waals surface area contributed by atoms with Crippen molar-refractivity contribution >= 4 is 27.2 Å². The molecule has 1 saturated carbocycles. The molecular formula is C26H34O3S. The van der Waals surface area contributed by atoms with Crippen molar-refractivity contribution in [2.75, 3.05) is 0 Å². The second-order valence-corrected chi connectivity index (χ2v) is 9.55. The largest absolute Gasteiger partial charge is 0.389 e. The first kappa shape index (κ1) is 22.9. The number of fused-ring (bicyclic) bond motifs is 1. The lowest BCUT2D eigenvalue weighted by molar-refractivity contribution is -0.127. The highest BCUT2D eigenvalue weighted by Crippen LogP contribution is 2.34. The third kappa shape index (κ3) is 5.69. The highest BCUT2D eigenvalue weighted by atomic mass is 32.1. The average Bonchev–Trinajstić information content (AvgIpc) is 3.21. The van der Waals surface area contributed by atoms with Gasteiger partial charge in [-0.3, -0.25) is 4.79 Å². The van der Waals surface area contributed by atoms with Crippen LogP contribution >= 0.6 is 11.3 Å². The average molecular weight is 427 g/mol. The summed E-state index contributed by atoms with van der Waals surface area (Å²) in [5.41, 5.74) is 1.31. The normalized spacial score (nSPS) is 23.3. The second kappa shape index (κ2) is 11.0. The number of benzene rings is 1. The minimum absolute atomic E-state index is 0.00374. The first-order valence-corrected chi connectivity index (χ1v) is 12.0. The number of aliphatic hydroxyl groups is 2. The monoisotopic (exact) mass is 426 g/mol. The Hall–Kier alpha value is -1.75. The van der Waals surface area contributed by atoms with Crippen molar-refractivity contribution in [1.82, 2.24) is 0 Å². The molecule has 162 valence electrons. The van der Waals surface area contributed by atoms with Crippen LogP contribution in [0.1, 0.15) is 55.9 Å². The molecule has 1 aliphatic carbocycles. The van der Waals surface area contributed by atoms with E-state index in [2.05, 4.69) is 50.3 Å². The molecule has 1 aromatic carbocycles. The van der Waals surface area contributed by atoms with Gasteiger partial charge in [0, 0.05) is 15.5 Å². The van der Waals surface area contributed by atoms with Gasteiger partial charge < -0.3 is 10.2 Å². The SMILES string of the molecule is CCCC/C=C\C[C@H]1C(=O)C(O)C[C@@H]1/C=C/C(O)CCc1sc2ccccc2c1C. The van der Waals surface area contributed by atoms with Crippen molar-refractivity contribution in [1.29, 1.82) is 0 Å². The van der Waals surface area contributed by atoms with Crippen LogP contribution in [0.15, 0.2) is 48.6 Å². The molecule has 1 aromatic heterocycles. The van der Waals surface area contributed by atoms with Crippen LogP contribution in [-0.2, 0) is 11.2 Å². The minimum Gasteiger partial charge on any atom is -0.389 e. The van der Waals surface area contributed by atoms with E-state index in [4.69, 9.17) is 0 Å². The summed E-state index contributed by atoms with van der Waals surface area (Å²) in [5, 5.41) is 21.8. The molecule has 30 heavy (non-hydrogen) atoms. The number of hydrogen-bond donors (Lipinski definition) is 2. The molecule has 0 spiro atoms. The number of ketones is 1. The molecule has 0 bridgehead atoms. The summed E-state index contributed by atoms with van der Waals surface area (Å²) in [6.45, 7) is 4.32. The molecule has 2 unspecified atom stereocenters. The third-order valence-electron chi connectivity index (χ3n) is 6.18. The number of allylic oxidation sites excluding steroid dienone is 3. The van der Waals surface area contributed by atoms with Crippen LogP contribution in [-0.4, -0.2) is 28.2 Å². The Morgan fingerprint density at radius 3 is 2.83 bits per heavy atom. The molecule has 1 aliphatic rings. The fourth-order valence-electron chi connectivity index (χ4n) is 4.29. The van der Waals surface area contributed by atoms with E-state index in [9.17, 15) is 15.0 Å². The third-order valence-corrected chi connectivity index (χ3v) is 7.51. The molecule has 0 aliphatic heterocycles. The van der Waals surface area contributed by atoms with E-state index in [0.717, 1.165) is 25.7 Å². The zero-order chi connectivity index (χ0) is 21.5. The number of hydrogen-bond acceptors (Lipinski definition) is 4. The highest BCUT2D eigenvalue weighted by Gasteiger charge is 2.39. The van der Waals surface area contributed by atoms with E-state index in [-0.39, 0.29) is 17.6 Å². The van der Waals surface area contributed by atoms with Crippen LogP contribution in [0.3, 0.4) is 0 Å². The lowest BCUT2D eigenvalue weighted by Gasteiger charge is -2.13. The van der Waals surface area contributed by atoms with Gasteiger partial charge in [-0.05, 0) is 62.0 Å². The van der Waals surface area contributed by atoms with E-state index in [0.29, 0.717) is 19.3 Å². The van der Waals surface area contributed by atoms with E-state index in [1.807, 2.05) is 12.2 Å². The lowest BCUT2D eigenvalue weighted by atomic mass is 9.91. The smallest absolute Gasteiger partial charge is 0.165 e. The number of Topliss-reactive ketones (excluding diaryl/α,β-unsaturated/α-hetero) is 1. The molecule has 3 rings (SSSR count). The Balaban J connectivity index is 1.55. The van der Waals surface area contributed by atoms with E-state index < -0.39 is 12.2 Å². The standard InChI is InChI=1S/C26H34O3S/c1-3-4-5-6-7-11-22-19(17-23(28)26(22)29)13-14-20(27)15-16-24-18(2)21-10-8-9-12-25(21)30-24/h6-10,12-14,19-20,22-23,27-28H,3-5,11,15-17H2,1-2H3/b7-6-,14-13+/t19-,20?,22+,23?/m0/s1. The topological polar surface area (TPSA) is 57.5 Å². The Morgan fingerprint density at radius 1 is 1.27 bits per heavy atom. The van der Waals surface area contributed by atoms with Crippen molar-refractivity contribution in [3.05, 3.63) is 59.0 Å². The van der Waals surface area contributed by atoms with E-state index >= 15 is 0 Å². The molecule has 1 fully saturated rings. The Bertz CT molecular complexity index is 895. The fourth-order valence-corrected chi connectivity index (χ4v) is 5.52. The van der Waals surface area contributed by atoms with Crippen molar-refractivity contribution in [3.8, 4) is 0 Å². The number of aliphatic hydroxyl groups excluding tert-OH is 2. The van der Waals surface area contributed by atoms with Gasteiger partial charge in [-0.1, -0.05) is 62.3 Å². The first-order valence-electron chi connectivity index (χ1n) is 11.2. The predicted molar refractivity (Wildman–Crippen MR) is 126 cm³/mol. The number of rotatable bonds is 10. The zero-order valence-electron chi connectivity index (χ0n) is 18.1. The maximum absolute atomic E-state index is 12.3. The van der Waals surface area contributed by atoms with Gasteiger partial charge in [-0.2, -0.15) is 0 Å². The maximum Gasteiger partial charge on any atom is 0.165 e. The molecule has 4 atom stereocenters. The van der Waals surface area contributed by atoms with Gasteiger partial charge in [-0.15, -0.1) is 11.3 Å². The maximum atomic E-state index is 12.3. The van der Waals surface area contributed by atoms with Crippen molar-refractivity contribution in [2.24, 2.45) is 11.8 Å². The van der Waals surface area contributed by atoms with Gasteiger partial charge in [0.15, 0.2) is 5.78 Å². The van der Waals surface area contributed by atoms with Crippen LogP contribution in [0, 0.1) is 18.8 Å². The van der Waals surface area contributed by atoms with E-state index in [1.54, 1.807) is 11.3 Å². The van der Waals surface area contributed by atoms with Crippen LogP contribution in [0.5, 0.6) is 0 Å². The van der Waals surface area contributed by atoms with Crippen LogP contribution in [0.4, 0.5) is 0 Å². The van der Waals surface area contributed by atoms with Crippen LogP contribution in [0.25, 0.3) is 10.1 Å². The van der Waals surface area contributed by atoms with Gasteiger partial charge in [0.25, 0.3) is 0 Å². The van der Waals surface area contributed by atoms with Gasteiger partial charge in [0.05, 0.1) is 6.10 Å². The molecule has 1 heterocycles. The molecule has 2 N–H and O–H groups in total. The van der Waals surface area contributed by atoms with Gasteiger partial charge in [-0.25, -0.2) is 0 Å². The van der Waals surface area contributed by atoms with Crippen LogP contribution < -0.4 is 0 Å². The Kier molecular flexibility index (Phi) is 8.43. The summed E-state index contributed by atoms with van der Waals surface area (Å²) >= 11 is 1.80. The Morgan fingerprint density at radius 2 is 2.07 bits per heavy atom. The van der Waals surface area contributed by atoms with Crippen molar-refractivity contribution < 1.29 is 15.0 Å². The summed E-state index contributed by atoms with van der Waals surface area (Å²) in [4.78, 5) is 13.7. The van der Waals surface area contributed by atoms with Crippen LogP contribution in [0.2, 0.25) is 0 Å². The molecule has 0 radical (unpaired) electrons. The Labute approximate surface area is 184 Å². The molecule has 3 nitrogen and oxygen atoms in total. The van der Waals surface area contributed by atoms with Gasteiger partial charge >= 0.3 is 0 Å².